The fourth-order valence-electron chi connectivity index (χ4n) is 2.56. The van der Waals surface area contributed by atoms with Crippen molar-refractivity contribution in [3.8, 4) is 0 Å². The molecule has 5 nitrogen and oxygen atoms in total. The van der Waals surface area contributed by atoms with Crippen LogP contribution in [0.5, 0.6) is 0 Å². The van der Waals surface area contributed by atoms with Crippen LogP contribution >= 0.6 is 0 Å². The molecular formula is C15H20N2O3. The number of rotatable bonds is 5. The van der Waals surface area contributed by atoms with Crippen molar-refractivity contribution in [1.29, 1.82) is 0 Å². The predicted octanol–water partition coefficient (Wildman–Crippen LogP) is 0.899. The van der Waals surface area contributed by atoms with Crippen LogP contribution < -0.4 is 10.6 Å². The van der Waals surface area contributed by atoms with Gasteiger partial charge < -0.3 is 15.7 Å². The molecule has 0 aromatic heterocycles. The zero-order chi connectivity index (χ0) is 14.5. The van der Waals surface area contributed by atoms with Crippen LogP contribution in [0, 0.1) is 11.8 Å². The van der Waals surface area contributed by atoms with Gasteiger partial charge >= 0.3 is 5.97 Å². The van der Waals surface area contributed by atoms with Gasteiger partial charge in [0.05, 0.1) is 11.5 Å². The lowest BCUT2D eigenvalue weighted by Crippen LogP contribution is -2.35. The minimum atomic E-state index is -0.930. The number of carbonyl (C=O) groups excluding carboxylic acids is 1. The smallest absolute Gasteiger partial charge is 0.335 e. The molecule has 1 aliphatic rings. The number of carboxylic acid groups (broad SMARTS) is 1. The molecule has 1 saturated heterocycles. The highest BCUT2D eigenvalue weighted by Gasteiger charge is 2.29. The van der Waals surface area contributed by atoms with Gasteiger partial charge in [0.15, 0.2) is 0 Å². The molecule has 2 rings (SSSR count). The van der Waals surface area contributed by atoms with Crippen molar-refractivity contribution < 1.29 is 14.7 Å². The van der Waals surface area contributed by atoms with Gasteiger partial charge in [0.25, 0.3) is 0 Å². The first-order valence-electron chi connectivity index (χ1n) is 6.89. The first-order valence-corrected chi connectivity index (χ1v) is 6.89. The Morgan fingerprint density at radius 1 is 1.35 bits per heavy atom. The van der Waals surface area contributed by atoms with Crippen LogP contribution in [0.25, 0.3) is 0 Å². The van der Waals surface area contributed by atoms with Gasteiger partial charge in [-0.1, -0.05) is 25.1 Å². The van der Waals surface area contributed by atoms with Crippen molar-refractivity contribution in [3.63, 3.8) is 0 Å². The van der Waals surface area contributed by atoms with Crippen molar-refractivity contribution in [2.45, 2.75) is 13.3 Å². The number of hydrogen-bond acceptors (Lipinski definition) is 3. The van der Waals surface area contributed by atoms with Gasteiger partial charge in [0.1, 0.15) is 0 Å². The zero-order valence-corrected chi connectivity index (χ0v) is 11.6. The highest BCUT2D eigenvalue weighted by molar-refractivity contribution is 5.89. The summed E-state index contributed by atoms with van der Waals surface area (Å²) in [6.07, 6.45) is 0.530. The zero-order valence-electron chi connectivity index (χ0n) is 11.6. The summed E-state index contributed by atoms with van der Waals surface area (Å²) in [4.78, 5) is 23.1. The molecule has 108 valence electrons. The van der Waals surface area contributed by atoms with Crippen LogP contribution in [0.3, 0.4) is 0 Å². The van der Waals surface area contributed by atoms with Gasteiger partial charge in [0, 0.05) is 13.1 Å². The van der Waals surface area contributed by atoms with Gasteiger partial charge in [-0.05, 0) is 30.5 Å². The monoisotopic (exact) mass is 276 g/mol. The predicted molar refractivity (Wildman–Crippen MR) is 75.6 cm³/mol. The second-order valence-corrected chi connectivity index (χ2v) is 5.25. The van der Waals surface area contributed by atoms with E-state index in [-0.39, 0.29) is 11.8 Å². The average molecular weight is 276 g/mol. The molecule has 1 amide bonds. The van der Waals surface area contributed by atoms with Gasteiger partial charge in [-0.15, -0.1) is 0 Å². The van der Waals surface area contributed by atoms with Crippen molar-refractivity contribution in [2.75, 3.05) is 19.6 Å². The van der Waals surface area contributed by atoms with Crippen LogP contribution in [0.4, 0.5) is 0 Å². The number of carbonyl (C=O) groups is 2. The largest absolute Gasteiger partial charge is 0.478 e. The third-order valence-corrected chi connectivity index (χ3v) is 3.80. The maximum Gasteiger partial charge on any atom is 0.335 e. The molecule has 1 aromatic carbocycles. The molecule has 1 aromatic rings. The van der Waals surface area contributed by atoms with E-state index in [0.29, 0.717) is 24.4 Å². The normalized spacial score (nSPS) is 21.6. The Morgan fingerprint density at radius 2 is 2.10 bits per heavy atom. The first kappa shape index (κ1) is 14.5. The summed E-state index contributed by atoms with van der Waals surface area (Å²) in [6.45, 7) is 4.12. The molecule has 0 radical (unpaired) electrons. The Morgan fingerprint density at radius 3 is 2.75 bits per heavy atom. The maximum atomic E-state index is 12.0. The maximum absolute atomic E-state index is 12.0. The molecule has 2 atom stereocenters. The minimum absolute atomic E-state index is 0.0183. The lowest BCUT2D eigenvalue weighted by atomic mass is 9.97. The van der Waals surface area contributed by atoms with E-state index in [2.05, 4.69) is 17.6 Å². The summed E-state index contributed by atoms with van der Waals surface area (Å²) in [5, 5.41) is 15.2. The van der Waals surface area contributed by atoms with Crippen LogP contribution in [-0.4, -0.2) is 36.6 Å². The number of carboxylic acids is 1. The Kier molecular flexibility index (Phi) is 4.74. The van der Waals surface area contributed by atoms with Crippen LogP contribution in [0.2, 0.25) is 0 Å². The third kappa shape index (κ3) is 3.36. The Hall–Kier alpha value is -1.88. The summed E-state index contributed by atoms with van der Waals surface area (Å²) in [5.41, 5.74) is 1.05. The molecule has 1 aliphatic heterocycles. The van der Waals surface area contributed by atoms with Gasteiger partial charge in [-0.3, -0.25) is 4.79 Å². The second-order valence-electron chi connectivity index (χ2n) is 5.25. The van der Waals surface area contributed by atoms with Crippen LogP contribution in [0.15, 0.2) is 24.3 Å². The third-order valence-electron chi connectivity index (χ3n) is 3.80. The average Bonchev–Trinajstić information content (AvgIpc) is 2.85. The van der Waals surface area contributed by atoms with Gasteiger partial charge in [-0.2, -0.15) is 0 Å². The molecule has 1 heterocycles. The molecule has 5 heteroatoms. The number of nitrogens with one attached hydrogen (secondary N) is 2. The van der Waals surface area contributed by atoms with Crippen molar-refractivity contribution >= 4 is 11.9 Å². The Labute approximate surface area is 118 Å². The van der Waals surface area contributed by atoms with Crippen molar-refractivity contribution in [2.24, 2.45) is 11.8 Å². The molecule has 1 fully saturated rings. The lowest BCUT2D eigenvalue weighted by molar-refractivity contribution is -0.125. The van der Waals surface area contributed by atoms with E-state index < -0.39 is 5.97 Å². The fraction of sp³-hybridized carbons (Fsp3) is 0.467. The standard InChI is InChI=1S/C15H20N2O3/c1-10-8-16-9-13(10)14(18)17-7-6-11-4-2-3-5-12(11)15(19)20/h2-5,10,13,16H,6-9H2,1H3,(H,17,18)(H,19,20)/t10-,13-/m1/s1. The number of benzene rings is 1. The molecule has 0 spiro atoms. The molecule has 0 bridgehead atoms. The van der Waals surface area contributed by atoms with Gasteiger partial charge in [-0.25, -0.2) is 4.79 Å². The molecule has 0 unspecified atom stereocenters. The van der Waals surface area contributed by atoms with Crippen molar-refractivity contribution in [1.82, 2.24) is 10.6 Å². The number of hydrogen-bond donors (Lipinski definition) is 3. The molecule has 0 aliphatic carbocycles. The van der Waals surface area contributed by atoms with E-state index in [1.165, 1.54) is 0 Å². The quantitative estimate of drug-likeness (QED) is 0.746. The van der Waals surface area contributed by atoms with Crippen molar-refractivity contribution in [3.05, 3.63) is 35.4 Å². The number of amides is 1. The van der Waals surface area contributed by atoms with E-state index in [1.54, 1.807) is 18.2 Å². The van der Waals surface area contributed by atoms with Gasteiger partial charge in [0.2, 0.25) is 5.91 Å². The van der Waals surface area contributed by atoms with Crippen LogP contribution in [-0.2, 0) is 11.2 Å². The van der Waals surface area contributed by atoms with E-state index in [1.807, 2.05) is 6.07 Å². The van der Waals surface area contributed by atoms with Crippen LogP contribution in [0.1, 0.15) is 22.8 Å². The summed E-state index contributed by atoms with van der Waals surface area (Å²) in [6, 6.07) is 6.89. The first-order chi connectivity index (χ1) is 9.59. The lowest BCUT2D eigenvalue weighted by Gasteiger charge is -2.14. The summed E-state index contributed by atoms with van der Waals surface area (Å²) >= 11 is 0. The molecule has 3 N–H and O–H groups in total. The van der Waals surface area contributed by atoms with E-state index in [4.69, 9.17) is 5.11 Å². The molecule has 20 heavy (non-hydrogen) atoms. The number of aromatic carboxylic acids is 1. The summed E-state index contributed by atoms with van der Waals surface area (Å²) < 4.78 is 0. The molecular weight excluding hydrogens is 256 g/mol. The topological polar surface area (TPSA) is 78.4 Å². The summed E-state index contributed by atoms with van der Waals surface area (Å²) in [5.74, 6) is -0.512. The fourth-order valence-corrected chi connectivity index (χ4v) is 2.56. The minimum Gasteiger partial charge on any atom is -0.478 e. The Balaban J connectivity index is 1.87. The molecule has 0 saturated carbocycles. The van der Waals surface area contributed by atoms with E-state index in [0.717, 1.165) is 18.7 Å². The highest BCUT2D eigenvalue weighted by atomic mass is 16.4. The van der Waals surface area contributed by atoms with E-state index in [9.17, 15) is 9.59 Å². The van der Waals surface area contributed by atoms with E-state index >= 15 is 0 Å². The highest BCUT2D eigenvalue weighted by Crippen LogP contribution is 2.15. The SMILES string of the molecule is C[C@@H]1CNC[C@H]1C(=O)NCCc1ccccc1C(=O)O. The Bertz CT molecular complexity index is 502. The summed E-state index contributed by atoms with van der Waals surface area (Å²) in [7, 11) is 0. The second kappa shape index (κ2) is 6.52.